The summed E-state index contributed by atoms with van der Waals surface area (Å²) in [5.41, 5.74) is -0.146. The number of Topliss-reactive ketones (excluding diaryl/α,β-unsaturated/α-hetero) is 1. The van der Waals surface area contributed by atoms with Gasteiger partial charge >= 0.3 is 0 Å². The summed E-state index contributed by atoms with van der Waals surface area (Å²) in [6.07, 6.45) is -2.89. The van der Waals surface area contributed by atoms with Crippen molar-refractivity contribution in [3.63, 3.8) is 0 Å². The van der Waals surface area contributed by atoms with Crippen molar-refractivity contribution in [2.75, 3.05) is 0 Å². The molecule has 2 aromatic carbocycles. The van der Waals surface area contributed by atoms with Crippen molar-refractivity contribution in [3.8, 4) is 28.7 Å². The average molecular weight is 304 g/mol. The van der Waals surface area contributed by atoms with Gasteiger partial charge in [0.2, 0.25) is 5.78 Å². The quantitative estimate of drug-likeness (QED) is 0.535. The Kier molecular flexibility index (Phi) is 3.07. The van der Waals surface area contributed by atoms with Gasteiger partial charge in [0, 0.05) is 23.8 Å². The number of aliphatic hydroxyl groups is 1. The number of carbonyl (C=O) groups is 1. The first-order valence-corrected chi connectivity index (χ1v) is 6.35. The molecular formula is C15H12O7. The maximum absolute atomic E-state index is 12.2. The highest BCUT2D eigenvalue weighted by atomic mass is 16.5. The molecule has 2 aromatic rings. The van der Waals surface area contributed by atoms with Crippen LogP contribution >= 0.6 is 0 Å². The van der Waals surface area contributed by atoms with E-state index in [4.69, 9.17) is 4.74 Å². The van der Waals surface area contributed by atoms with Crippen molar-refractivity contribution in [1.82, 2.24) is 0 Å². The Balaban J connectivity index is 2.11. The molecule has 114 valence electrons. The predicted molar refractivity (Wildman–Crippen MR) is 73.2 cm³/mol. The Hall–Kier alpha value is -2.93. The highest BCUT2D eigenvalue weighted by Crippen LogP contribution is 2.43. The van der Waals surface area contributed by atoms with Gasteiger partial charge in [-0.25, -0.2) is 0 Å². The van der Waals surface area contributed by atoms with E-state index in [1.165, 1.54) is 12.1 Å². The maximum Gasteiger partial charge on any atom is 0.202 e. The highest BCUT2D eigenvalue weighted by molar-refractivity contribution is 6.05. The van der Waals surface area contributed by atoms with Gasteiger partial charge < -0.3 is 30.3 Å². The topological polar surface area (TPSA) is 127 Å². The number of phenolic OH excluding ortho intramolecular Hbond substituents is 4. The van der Waals surface area contributed by atoms with E-state index < -0.39 is 23.7 Å². The van der Waals surface area contributed by atoms with Crippen LogP contribution in [0.4, 0.5) is 0 Å². The first-order chi connectivity index (χ1) is 10.4. The van der Waals surface area contributed by atoms with Crippen molar-refractivity contribution >= 4 is 5.78 Å². The molecule has 0 amide bonds. The third kappa shape index (κ3) is 2.08. The molecule has 1 aliphatic rings. The van der Waals surface area contributed by atoms with E-state index in [2.05, 4.69) is 0 Å². The molecule has 0 saturated heterocycles. The number of aromatic hydroxyl groups is 4. The summed E-state index contributed by atoms with van der Waals surface area (Å²) in [6, 6.07) is 5.71. The van der Waals surface area contributed by atoms with Crippen LogP contribution in [-0.4, -0.2) is 37.4 Å². The van der Waals surface area contributed by atoms with Crippen molar-refractivity contribution < 1.29 is 35.1 Å². The molecule has 0 radical (unpaired) electrons. The fourth-order valence-electron chi connectivity index (χ4n) is 2.42. The molecule has 22 heavy (non-hydrogen) atoms. The number of ketones is 1. The van der Waals surface area contributed by atoms with E-state index in [1.807, 2.05) is 0 Å². The molecule has 7 nitrogen and oxygen atoms in total. The lowest BCUT2D eigenvalue weighted by Gasteiger charge is -2.30. The molecule has 5 N–H and O–H groups in total. The van der Waals surface area contributed by atoms with Gasteiger partial charge in [-0.1, -0.05) is 0 Å². The molecule has 0 unspecified atom stereocenters. The number of aliphatic hydroxyl groups excluding tert-OH is 1. The molecule has 0 bridgehead atoms. The SMILES string of the molecule is O=C1c2c(O)cc(O)cc2O[C@H](c2ccc(O)cc2O)[C@@H]1O. The first-order valence-electron chi connectivity index (χ1n) is 6.35. The van der Waals surface area contributed by atoms with Crippen molar-refractivity contribution in [2.45, 2.75) is 12.2 Å². The second-order valence-electron chi connectivity index (χ2n) is 4.93. The molecule has 1 aliphatic heterocycles. The summed E-state index contributed by atoms with van der Waals surface area (Å²) in [7, 11) is 0. The summed E-state index contributed by atoms with van der Waals surface area (Å²) in [4.78, 5) is 12.2. The zero-order chi connectivity index (χ0) is 16.0. The van der Waals surface area contributed by atoms with Gasteiger partial charge in [0.1, 0.15) is 34.3 Å². The molecule has 3 rings (SSSR count). The van der Waals surface area contributed by atoms with Gasteiger partial charge in [-0.15, -0.1) is 0 Å². The van der Waals surface area contributed by atoms with Crippen LogP contribution in [0.5, 0.6) is 28.7 Å². The van der Waals surface area contributed by atoms with E-state index in [0.29, 0.717) is 0 Å². The minimum atomic E-state index is -1.65. The van der Waals surface area contributed by atoms with Crippen LogP contribution in [0.15, 0.2) is 30.3 Å². The smallest absolute Gasteiger partial charge is 0.202 e. The van der Waals surface area contributed by atoms with Crippen LogP contribution in [0.25, 0.3) is 0 Å². The molecule has 2 atom stereocenters. The summed E-state index contributed by atoms with van der Waals surface area (Å²) >= 11 is 0. The van der Waals surface area contributed by atoms with Gasteiger partial charge in [0.25, 0.3) is 0 Å². The second kappa shape index (κ2) is 4.81. The Bertz CT molecular complexity index is 769. The minimum absolute atomic E-state index is 0.0899. The number of rotatable bonds is 1. The van der Waals surface area contributed by atoms with Gasteiger partial charge in [0.15, 0.2) is 12.2 Å². The van der Waals surface area contributed by atoms with Crippen LogP contribution in [0.3, 0.4) is 0 Å². The van der Waals surface area contributed by atoms with E-state index >= 15 is 0 Å². The molecule has 1 heterocycles. The number of hydrogen-bond acceptors (Lipinski definition) is 7. The van der Waals surface area contributed by atoms with Gasteiger partial charge in [-0.3, -0.25) is 4.79 Å². The Morgan fingerprint density at radius 1 is 0.909 bits per heavy atom. The monoisotopic (exact) mass is 304 g/mol. The molecule has 0 saturated carbocycles. The van der Waals surface area contributed by atoms with Crippen molar-refractivity contribution in [1.29, 1.82) is 0 Å². The van der Waals surface area contributed by atoms with Gasteiger partial charge in [0.05, 0.1) is 0 Å². The molecule has 0 spiro atoms. The zero-order valence-corrected chi connectivity index (χ0v) is 11.1. The number of benzene rings is 2. The van der Waals surface area contributed by atoms with E-state index in [1.54, 1.807) is 0 Å². The number of hydrogen-bond donors (Lipinski definition) is 5. The first kappa shape index (κ1) is 14.0. The largest absolute Gasteiger partial charge is 0.508 e. The number of fused-ring (bicyclic) bond motifs is 1. The van der Waals surface area contributed by atoms with Gasteiger partial charge in [-0.05, 0) is 12.1 Å². The van der Waals surface area contributed by atoms with Crippen molar-refractivity contribution in [2.24, 2.45) is 0 Å². The molecule has 0 aromatic heterocycles. The van der Waals surface area contributed by atoms with Crippen LogP contribution in [0.2, 0.25) is 0 Å². The Morgan fingerprint density at radius 2 is 1.59 bits per heavy atom. The lowest BCUT2D eigenvalue weighted by atomic mass is 9.92. The van der Waals surface area contributed by atoms with Crippen molar-refractivity contribution in [3.05, 3.63) is 41.5 Å². The normalized spacial score (nSPS) is 20.3. The molecule has 7 heteroatoms. The number of carbonyl (C=O) groups excluding carboxylic acids is 1. The standard InChI is InChI=1S/C15H12O7/c16-6-1-2-8(9(18)3-6)15-14(21)13(20)12-10(19)4-7(17)5-11(12)22-15/h1-5,14-19,21H/t14-,15-/m1/s1. The summed E-state index contributed by atoms with van der Waals surface area (Å²) in [6.45, 7) is 0. The van der Waals surface area contributed by atoms with Crippen LogP contribution in [0, 0.1) is 0 Å². The number of phenols is 4. The fraction of sp³-hybridized carbons (Fsp3) is 0.133. The predicted octanol–water partition coefficient (Wildman–Crippen LogP) is 1.19. The van der Waals surface area contributed by atoms with Gasteiger partial charge in [-0.2, -0.15) is 0 Å². The van der Waals surface area contributed by atoms with Crippen LogP contribution < -0.4 is 4.74 Å². The Labute approximate surface area is 124 Å². The molecule has 0 fully saturated rings. The molecular weight excluding hydrogens is 292 g/mol. The Morgan fingerprint density at radius 3 is 2.27 bits per heavy atom. The summed E-state index contributed by atoms with van der Waals surface area (Å²) in [5.74, 6) is -2.26. The van der Waals surface area contributed by atoms with E-state index in [0.717, 1.165) is 18.2 Å². The van der Waals surface area contributed by atoms with Crippen LogP contribution in [-0.2, 0) is 0 Å². The zero-order valence-electron chi connectivity index (χ0n) is 11.1. The minimum Gasteiger partial charge on any atom is -0.508 e. The third-order valence-electron chi connectivity index (χ3n) is 3.44. The van der Waals surface area contributed by atoms with E-state index in [-0.39, 0.29) is 34.1 Å². The summed E-state index contributed by atoms with van der Waals surface area (Å²) in [5, 5.41) is 48.4. The highest BCUT2D eigenvalue weighted by Gasteiger charge is 2.40. The third-order valence-corrected chi connectivity index (χ3v) is 3.44. The maximum atomic E-state index is 12.2. The average Bonchev–Trinajstić information content (AvgIpc) is 2.42. The van der Waals surface area contributed by atoms with E-state index in [9.17, 15) is 30.3 Å². The number of ether oxygens (including phenoxy) is 1. The second-order valence-corrected chi connectivity index (χ2v) is 4.93. The molecule has 0 aliphatic carbocycles. The van der Waals surface area contributed by atoms with Crippen LogP contribution in [0.1, 0.15) is 22.0 Å². The lowest BCUT2D eigenvalue weighted by molar-refractivity contribution is 0.0203. The fourth-order valence-corrected chi connectivity index (χ4v) is 2.42. The summed E-state index contributed by atoms with van der Waals surface area (Å²) < 4.78 is 5.45. The lowest BCUT2D eigenvalue weighted by Crippen LogP contribution is -2.36.